The summed E-state index contributed by atoms with van der Waals surface area (Å²) in [7, 11) is 0. The van der Waals surface area contributed by atoms with Gasteiger partial charge in [0.2, 0.25) is 11.1 Å². The molecule has 0 aliphatic heterocycles. The van der Waals surface area contributed by atoms with E-state index in [1.807, 2.05) is 68.6 Å². The number of rotatable bonds is 6. The molecule has 0 radical (unpaired) electrons. The van der Waals surface area contributed by atoms with Crippen molar-refractivity contribution in [2.45, 2.75) is 25.4 Å². The Hall–Kier alpha value is -3.39. The van der Waals surface area contributed by atoms with Crippen LogP contribution in [0.25, 0.3) is 5.78 Å². The first kappa shape index (κ1) is 19.9. The number of thioether (sulfide) groups is 1. The maximum atomic E-state index is 12.7. The molecule has 8 heteroatoms. The molecule has 0 saturated carbocycles. The molecule has 2 aromatic heterocycles. The number of carbonyl (C=O) groups excluding carboxylic acids is 1. The SMILES string of the molecule is CSc1nc2nc(C)c(CC(=O)Nc3cccc(Oc4ccccc4)c3)c(C)n2n1. The second-order valence-corrected chi connectivity index (χ2v) is 7.51. The van der Waals surface area contributed by atoms with Crippen LogP contribution in [0, 0.1) is 13.8 Å². The highest BCUT2D eigenvalue weighted by molar-refractivity contribution is 7.98. The van der Waals surface area contributed by atoms with Crippen LogP contribution >= 0.6 is 11.8 Å². The molecule has 0 unspecified atom stereocenters. The molecule has 4 rings (SSSR count). The quantitative estimate of drug-likeness (QED) is 0.466. The Bertz CT molecular complexity index is 1210. The number of amides is 1. The first-order valence-corrected chi connectivity index (χ1v) is 10.7. The molecule has 0 aliphatic carbocycles. The van der Waals surface area contributed by atoms with Crippen LogP contribution in [0.2, 0.25) is 0 Å². The molecule has 152 valence electrons. The molecule has 4 aromatic rings. The van der Waals surface area contributed by atoms with Crippen LogP contribution in [0.3, 0.4) is 0 Å². The number of carbonyl (C=O) groups is 1. The van der Waals surface area contributed by atoms with Gasteiger partial charge in [-0.1, -0.05) is 36.0 Å². The van der Waals surface area contributed by atoms with Crippen molar-refractivity contribution in [3.63, 3.8) is 0 Å². The van der Waals surface area contributed by atoms with Crippen LogP contribution in [-0.4, -0.2) is 31.7 Å². The molecule has 0 fully saturated rings. The van der Waals surface area contributed by atoms with E-state index in [1.54, 1.807) is 10.6 Å². The summed E-state index contributed by atoms with van der Waals surface area (Å²) >= 11 is 1.46. The lowest BCUT2D eigenvalue weighted by molar-refractivity contribution is -0.115. The molecule has 7 nitrogen and oxygen atoms in total. The molecule has 0 spiro atoms. The van der Waals surface area contributed by atoms with E-state index in [4.69, 9.17) is 4.74 Å². The molecule has 2 aromatic carbocycles. The Morgan fingerprint density at radius 1 is 1.07 bits per heavy atom. The van der Waals surface area contributed by atoms with Gasteiger partial charge in [-0.15, -0.1) is 5.10 Å². The highest BCUT2D eigenvalue weighted by atomic mass is 32.2. The Kier molecular flexibility index (Phi) is 5.67. The predicted octanol–water partition coefficient (Wildman–Crippen LogP) is 4.44. The molecule has 30 heavy (non-hydrogen) atoms. The van der Waals surface area contributed by atoms with E-state index in [2.05, 4.69) is 20.4 Å². The van der Waals surface area contributed by atoms with Crippen molar-refractivity contribution in [1.29, 1.82) is 0 Å². The summed E-state index contributed by atoms with van der Waals surface area (Å²) in [4.78, 5) is 21.6. The maximum Gasteiger partial charge on any atom is 0.253 e. The van der Waals surface area contributed by atoms with Gasteiger partial charge in [0.25, 0.3) is 5.78 Å². The van der Waals surface area contributed by atoms with Crippen molar-refractivity contribution in [3.8, 4) is 11.5 Å². The summed E-state index contributed by atoms with van der Waals surface area (Å²) in [5, 5.41) is 8.03. The average molecular weight is 420 g/mol. The molecule has 1 amide bonds. The molecular weight excluding hydrogens is 398 g/mol. The monoisotopic (exact) mass is 419 g/mol. The number of nitrogens with zero attached hydrogens (tertiary/aromatic N) is 4. The van der Waals surface area contributed by atoms with Gasteiger partial charge < -0.3 is 10.1 Å². The van der Waals surface area contributed by atoms with E-state index in [1.165, 1.54) is 11.8 Å². The summed E-state index contributed by atoms with van der Waals surface area (Å²) in [6.45, 7) is 3.81. The summed E-state index contributed by atoms with van der Waals surface area (Å²) in [5.74, 6) is 1.80. The van der Waals surface area contributed by atoms with Crippen LogP contribution in [-0.2, 0) is 11.2 Å². The first-order valence-electron chi connectivity index (χ1n) is 9.43. The highest BCUT2D eigenvalue weighted by Crippen LogP contribution is 2.24. The lowest BCUT2D eigenvalue weighted by Crippen LogP contribution is -2.17. The van der Waals surface area contributed by atoms with Gasteiger partial charge in [0, 0.05) is 28.7 Å². The van der Waals surface area contributed by atoms with E-state index in [0.29, 0.717) is 22.4 Å². The van der Waals surface area contributed by atoms with Gasteiger partial charge >= 0.3 is 0 Å². The third-order valence-electron chi connectivity index (χ3n) is 4.65. The maximum absolute atomic E-state index is 12.7. The standard InChI is InChI=1S/C22H21N5O2S/c1-14-19(15(2)27-21(23-14)25-22(26-27)30-3)13-20(28)24-16-8-7-11-18(12-16)29-17-9-5-4-6-10-17/h4-12H,13H2,1-3H3,(H,24,28). The normalized spacial score (nSPS) is 10.9. The van der Waals surface area contributed by atoms with E-state index >= 15 is 0 Å². The fraction of sp³-hybridized carbons (Fsp3) is 0.182. The number of anilines is 1. The van der Waals surface area contributed by atoms with Gasteiger partial charge in [-0.05, 0) is 44.4 Å². The zero-order valence-corrected chi connectivity index (χ0v) is 17.7. The van der Waals surface area contributed by atoms with E-state index in [0.717, 1.165) is 22.7 Å². The molecule has 0 bridgehead atoms. The third kappa shape index (κ3) is 4.28. The molecule has 1 N–H and O–H groups in total. The predicted molar refractivity (Wildman–Crippen MR) is 117 cm³/mol. The number of aromatic nitrogens is 4. The first-order chi connectivity index (χ1) is 14.5. The number of para-hydroxylation sites is 1. The average Bonchev–Trinajstić information content (AvgIpc) is 3.15. The van der Waals surface area contributed by atoms with Crippen LogP contribution < -0.4 is 10.1 Å². The van der Waals surface area contributed by atoms with Gasteiger partial charge in [-0.25, -0.2) is 9.50 Å². The number of hydrogen-bond donors (Lipinski definition) is 1. The lowest BCUT2D eigenvalue weighted by Gasteiger charge is -2.12. The molecule has 0 aliphatic rings. The largest absolute Gasteiger partial charge is 0.457 e. The molecule has 0 saturated heterocycles. The molecule has 0 atom stereocenters. The summed E-state index contributed by atoms with van der Waals surface area (Å²) in [5.41, 5.74) is 3.15. The van der Waals surface area contributed by atoms with Gasteiger partial charge in [0.15, 0.2) is 0 Å². The second kappa shape index (κ2) is 8.54. The van der Waals surface area contributed by atoms with Crippen LogP contribution in [0.4, 0.5) is 5.69 Å². The van der Waals surface area contributed by atoms with Crippen LogP contribution in [0.15, 0.2) is 59.8 Å². The van der Waals surface area contributed by atoms with Crippen molar-refractivity contribution < 1.29 is 9.53 Å². The van der Waals surface area contributed by atoms with Gasteiger partial charge in [-0.3, -0.25) is 4.79 Å². The lowest BCUT2D eigenvalue weighted by atomic mass is 10.1. The minimum Gasteiger partial charge on any atom is -0.457 e. The van der Waals surface area contributed by atoms with Crippen molar-refractivity contribution >= 4 is 29.1 Å². The Morgan fingerprint density at radius 2 is 1.83 bits per heavy atom. The summed E-state index contributed by atoms with van der Waals surface area (Å²) in [6.07, 6.45) is 2.11. The third-order valence-corrected chi connectivity index (χ3v) is 5.18. The second-order valence-electron chi connectivity index (χ2n) is 6.74. The fourth-order valence-electron chi connectivity index (χ4n) is 3.16. The Morgan fingerprint density at radius 3 is 2.60 bits per heavy atom. The summed E-state index contributed by atoms with van der Waals surface area (Å²) in [6, 6.07) is 16.8. The van der Waals surface area contributed by atoms with Crippen LogP contribution in [0.5, 0.6) is 11.5 Å². The van der Waals surface area contributed by atoms with Crippen molar-refractivity contribution in [3.05, 3.63) is 71.5 Å². The van der Waals surface area contributed by atoms with E-state index in [-0.39, 0.29) is 12.3 Å². The van der Waals surface area contributed by atoms with Crippen molar-refractivity contribution in [2.24, 2.45) is 0 Å². The van der Waals surface area contributed by atoms with E-state index in [9.17, 15) is 4.79 Å². The number of aryl methyl sites for hydroxylation is 2. The highest BCUT2D eigenvalue weighted by Gasteiger charge is 2.16. The zero-order chi connectivity index (χ0) is 21.1. The number of fused-ring (bicyclic) bond motifs is 1. The number of nitrogens with one attached hydrogen (secondary N) is 1. The zero-order valence-electron chi connectivity index (χ0n) is 16.9. The minimum atomic E-state index is -0.135. The molecule has 2 heterocycles. The van der Waals surface area contributed by atoms with Crippen molar-refractivity contribution in [2.75, 3.05) is 11.6 Å². The smallest absolute Gasteiger partial charge is 0.253 e. The Labute approximate surface area is 178 Å². The van der Waals surface area contributed by atoms with Gasteiger partial charge in [0.1, 0.15) is 11.5 Å². The number of benzene rings is 2. The van der Waals surface area contributed by atoms with Gasteiger partial charge in [-0.2, -0.15) is 4.98 Å². The van der Waals surface area contributed by atoms with Gasteiger partial charge in [0.05, 0.1) is 6.42 Å². The number of ether oxygens (including phenoxy) is 1. The molecular formula is C22H21N5O2S. The topological polar surface area (TPSA) is 81.4 Å². The van der Waals surface area contributed by atoms with Crippen molar-refractivity contribution in [1.82, 2.24) is 19.6 Å². The fourth-order valence-corrected chi connectivity index (χ4v) is 3.50. The minimum absolute atomic E-state index is 0.135. The van der Waals surface area contributed by atoms with Crippen LogP contribution in [0.1, 0.15) is 17.0 Å². The number of hydrogen-bond acceptors (Lipinski definition) is 6. The summed E-state index contributed by atoms with van der Waals surface area (Å²) < 4.78 is 7.53. The van der Waals surface area contributed by atoms with E-state index < -0.39 is 0 Å². The Balaban J connectivity index is 1.50.